The quantitative estimate of drug-likeness (QED) is 0.631. The molecule has 1 amide bonds. The fraction of sp³-hybridized carbons (Fsp3) is 0.208. The molecule has 0 N–H and O–H groups in total. The van der Waals surface area contributed by atoms with Gasteiger partial charge in [0.1, 0.15) is 11.9 Å². The average Bonchev–Trinajstić information content (AvgIpc) is 3.22. The third-order valence-corrected chi connectivity index (χ3v) is 7.93. The average molecular weight is 437 g/mol. The summed E-state index contributed by atoms with van der Waals surface area (Å²) in [4.78, 5) is 15.4. The molecule has 0 unspecified atom stereocenters. The van der Waals surface area contributed by atoms with Gasteiger partial charge in [0.05, 0.1) is 4.90 Å². The number of benzene rings is 3. The summed E-state index contributed by atoms with van der Waals surface area (Å²) in [5.41, 5.74) is 3.77. The minimum Gasteiger partial charge on any atom is -0.310 e. The number of halogens is 1. The number of carbonyl (C=O) groups excluding carboxylic acids is 1. The normalized spacial score (nSPS) is 18.5. The molecule has 5 nitrogen and oxygen atoms in total. The van der Waals surface area contributed by atoms with Crippen molar-refractivity contribution < 1.29 is 17.6 Å². The Balaban J connectivity index is 1.56. The van der Waals surface area contributed by atoms with Crippen LogP contribution < -0.4 is 4.90 Å². The van der Waals surface area contributed by atoms with Gasteiger partial charge >= 0.3 is 0 Å². The highest BCUT2D eigenvalue weighted by molar-refractivity contribution is 7.89. The molecule has 2 aliphatic rings. The fourth-order valence-electron chi connectivity index (χ4n) is 4.45. The number of anilines is 1. The Kier molecular flexibility index (Phi) is 4.87. The zero-order valence-corrected chi connectivity index (χ0v) is 17.6. The maximum Gasteiger partial charge on any atom is 0.245 e. The first kappa shape index (κ1) is 19.9. The van der Waals surface area contributed by atoms with Crippen molar-refractivity contribution in [2.24, 2.45) is 0 Å². The van der Waals surface area contributed by atoms with Crippen LogP contribution in [0.25, 0.3) is 0 Å². The molecule has 1 atom stereocenters. The number of amides is 1. The Morgan fingerprint density at radius 1 is 0.871 bits per heavy atom. The molecule has 0 fully saturated rings. The molecule has 3 aromatic rings. The molecular weight excluding hydrogens is 415 g/mol. The summed E-state index contributed by atoms with van der Waals surface area (Å²) < 4.78 is 41.7. The van der Waals surface area contributed by atoms with E-state index < -0.39 is 21.9 Å². The molecule has 158 valence electrons. The van der Waals surface area contributed by atoms with Crippen molar-refractivity contribution >= 4 is 21.6 Å². The van der Waals surface area contributed by atoms with E-state index in [1.807, 2.05) is 48.5 Å². The van der Waals surface area contributed by atoms with Crippen molar-refractivity contribution in [2.45, 2.75) is 30.3 Å². The molecule has 0 spiro atoms. The van der Waals surface area contributed by atoms with Crippen LogP contribution in [0.3, 0.4) is 0 Å². The molecule has 0 saturated carbocycles. The summed E-state index contributed by atoms with van der Waals surface area (Å²) >= 11 is 0. The summed E-state index contributed by atoms with van der Waals surface area (Å²) in [6.07, 6.45) is 1.05. The zero-order valence-electron chi connectivity index (χ0n) is 16.7. The number of hydrogen-bond donors (Lipinski definition) is 0. The fourth-order valence-corrected chi connectivity index (χ4v) is 6.01. The summed E-state index contributed by atoms with van der Waals surface area (Å²) in [5.74, 6) is -0.741. The van der Waals surface area contributed by atoms with E-state index in [0.29, 0.717) is 13.0 Å². The highest BCUT2D eigenvalue weighted by Crippen LogP contribution is 2.33. The van der Waals surface area contributed by atoms with Gasteiger partial charge in [-0.15, -0.1) is 0 Å². The van der Waals surface area contributed by atoms with Crippen LogP contribution >= 0.6 is 0 Å². The molecule has 3 aromatic carbocycles. The minimum atomic E-state index is -4.00. The number of hydrogen-bond acceptors (Lipinski definition) is 3. The maximum atomic E-state index is 13.7. The van der Waals surface area contributed by atoms with E-state index >= 15 is 0 Å². The van der Waals surface area contributed by atoms with Crippen LogP contribution in [0.15, 0.2) is 77.7 Å². The van der Waals surface area contributed by atoms with Gasteiger partial charge in [0.15, 0.2) is 0 Å². The SMILES string of the molecule is O=C([C@@H]1Cc2ccccc2CN1S(=O)(=O)c1ccc(F)cc1)N1CCc2ccccc21. The summed E-state index contributed by atoms with van der Waals surface area (Å²) in [7, 11) is -4.00. The largest absolute Gasteiger partial charge is 0.310 e. The van der Waals surface area contributed by atoms with Crippen molar-refractivity contribution in [3.8, 4) is 0 Å². The van der Waals surface area contributed by atoms with E-state index in [-0.39, 0.29) is 17.3 Å². The molecule has 0 saturated heterocycles. The van der Waals surface area contributed by atoms with Crippen LogP contribution in [0, 0.1) is 5.82 Å². The van der Waals surface area contributed by atoms with Crippen molar-refractivity contribution in [1.29, 1.82) is 0 Å². The molecule has 0 aliphatic carbocycles. The van der Waals surface area contributed by atoms with E-state index in [0.717, 1.165) is 40.9 Å². The third-order valence-electron chi connectivity index (χ3n) is 6.06. The first-order valence-electron chi connectivity index (χ1n) is 10.2. The number of nitrogens with zero attached hydrogens (tertiary/aromatic N) is 2. The molecule has 31 heavy (non-hydrogen) atoms. The smallest absolute Gasteiger partial charge is 0.245 e. The Labute approximate surface area is 180 Å². The lowest BCUT2D eigenvalue weighted by molar-refractivity contribution is -0.122. The predicted molar refractivity (Wildman–Crippen MR) is 116 cm³/mol. The van der Waals surface area contributed by atoms with E-state index in [1.54, 1.807) is 4.90 Å². The van der Waals surface area contributed by atoms with Crippen molar-refractivity contribution in [3.63, 3.8) is 0 Å². The summed E-state index contributed by atoms with van der Waals surface area (Å²) in [6.45, 7) is 0.628. The van der Waals surface area contributed by atoms with Gasteiger partial charge in [-0.3, -0.25) is 4.79 Å². The van der Waals surface area contributed by atoms with Crippen LogP contribution in [-0.2, 0) is 34.2 Å². The molecule has 7 heteroatoms. The molecule has 0 aromatic heterocycles. The van der Waals surface area contributed by atoms with E-state index in [2.05, 4.69) is 0 Å². The van der Waals surface area contributed by atoms with E-state index in [4.69, 9.17) is 0 Å². The van der Waals surface area contributed by atoms with Gasteiger partial charge in [-0.05, 0) is 59.9 Å². The second kappa shape index (κ2) is 7.59. The standard InChI is InChI=1S/C24H21FN2O3S/c25-20-9-11-21(12-10-20)31(29,30)27-16-19-7-2-1-6-18(19)15-23(27)24(28)26-14-13-17-5-3-4-8-22(17)26/h1-12,23H,13-16H2/t23-/m0/s1. The molecule has 0 radical (unpaired) electrons. The van der Waals surface area contributed by atoms with Gasteiger partial charge in [-0.1, -0.05) is 42.5 Å². The van der Waals surface area contributed by atoms with Gasteiger partial charge in [-0.2, -0.15) is 4.31 Å². The van der Waals surface area contributed by atoms with Crippen molar-refractivity contribution in [2.75, 3.05) is 11.4 Å². The Bertz CT molecular complexity index is 1260. The molecule has 2 aliphatic heterocycles. The zero-order chi connectivity index (χ0) is 21.6. The number of sulfonamides is 1. The topological polar surface area (TPSA) is 57.7 Å². The molecule has 2 heterocycles. The number of para-hydroxylation sites is 1. The Hall–Kier alpha value is -3.03. The molecule has 0 bridgehead atoms. The summed E-state index contributed by atoms with van der Waals surface area (Å²) in [5, 5.41) is 0. The first-order chi connectivity index (χ1) is 14.9. The highest BCUT2D eigenvalue weighted by atomic mass is 32.2. The van der Waals surface area contributed by atoms with Crippen molar-refractivity contribution in [3.05, 3.63) is 95.3 Å². The third kappa shape index (κ3) is 3.43. The van der Waals surface area contributed by atoms with Gasteiger partial charge in [0.2, 0.25) is 15.9 Å². The van der Waals surface area contributed by atoms with Gasteiger partial charge in [-0.25, -0.2) is 12.8 Å². The maximum absolute atomic E-state index is 13.7. The van der Waals surface area contributed by atoms with Crippen LogP contribution in [0.1, 0.15) is 16.7 Å². The lowest BCUT2D eigenvalue weighted by Crippen LogP contribution is -2.53. The van der Waals surface area contributed by atoms with Crippen LogP contribution in [0.5, 0.6) is 0 Å². The van der Waals surface area contributed by atoms with E-state index in [9.17, 15) is 17.6 Å². The second-order valence-electron chi connectivity index (χ2n) is 7.86. The highest BCUT2D eigenvalue weighted by Gasteiger charge is 2.42. The first-order valence-corrected chi connectivity index (χ1v) is 11.6. The lowest BCUT2D eigenvalue weighted by atomic mass is 9.95. The van der Waals surface area contributed by atoms with Crippen LogP contribution in [0.4, 0.5) is 10.1 Å². The minimum absolute atomic E-state index is 0.0205. The Morgan fingerprint density at radius 2 is 1.52 bits per heavy atom. The Morgan fingerprint density at radius 3 is 2.26 bits per heavy atom. The van der Waals surface area contributed by atoms with Crippen LogP contribution in [-0.4, -0.2) is 31.2 Å². The van der Waals surface area contributed by atoms with Gasteiger partial charge in [0, 0.05) is 18.8 Å². The second-order valence-corrected chi connectivity index (χ2v) is 9.75. The molecule has 5 rings (SSSR count). The predicted octanol–water partition coefficient (Wildman–Crippen LogP) is 3.53. The number of rotatable bonds is 3. The van der Waals surface area contributed by atoms with Gasteiger partial charge in [0.25, 0.3) is 0 Å². The lowest BCUT2D eigenvalue weighted by Gasteiger charge is -2.37. The number of carbonyl (C=O) groups is 1. The van der Waals surface area contributed by atoms with Gasteiger partial charge < -0.3 is 4.90 Å². The van der Waals surface area contributed by atoms with Crippen molar-refractivity contribution in [1.82, 2.24) is 4.31 Å². The van der Waals surface area contributed by atoms with Crippen LogP contribution in [0.2, 0.25) is 0 Å². The monoisotopic (exact) mass is 436 g/mol. The number of fused-ring (bicyclic) bond motifs is 2. The van der Waals surface area contributed by atoms with E-state index in [1.165, 1.54) is 16.4 Å². The molecular formula is C24H21FN2O3S. The summed E-state index contributed by atoms with van der Waals surface area (Å²) in [6, 6.07) is 19.2.